The number of fused-ring (bicyclic) bond motifs is 1. The van der Waals surface area contributed by atoms with Crippen molar-refractivity contribution in [2.24, 2.45) is 5.73 Å². The molecule has 3 heterocycles. The standard InChI is InChI=1S/C17H16FN5O2/c18-12-4-1-3-11(9-12)13-5-2-7-22(13)15-6-8-23-16(21-15)14(10-20-23)25-17(19)24/h1,3-4,6,8-10,13H,2,5,7H2,(H2,19,24)/t13-/m1/s1. The summed E-state index contributed by atoms with van der Waals surface area (Å²) < 4.78 is 20.0. The van der Waals surface area contributed by atoms with E-state index in [2.05, 4.69) is 15.0 Å². The second-order valence-electron chi connectivity index (χ2n) is 5.89. The summed E-state index contributed by atoms with van der Waals surface area (Å²) in [4.78, 5) is 17.7. The summed E-state index contributed by atoms with van der Waals surface area (Å²) in [6, 6.07) is 8.52. The van der Waals surface area contributed by atoms with Crippen LogP contribution < -0.4 is 15.4 Å². The van der Waals surface area contributed by atoms with Crippen molar-refractivity contribution in [1.29, 1.82) is 0 Å². The van der Waals surface area contributed by atoms with E-state index in [4.69, 9.17) is 10.5 Å². The molecule has 2 N–H and O–H groups in total. The Balaban J connectivity index is 1.71. The highest BCUT2D eigenvalue weighted by Gasteiger charge is 2.28. The van der Waals surface area contributed by atoms with Crippen LogP contribution in [-0.4, -0.2) is 27.2 Å². The van der Waals surface area contributed by atoms with Gasteiger partial charge < -0.3 is 15.4 Å². The highest BCUT2D eigenvalue weighted by atomic mass is 19.1. The van der Waals surface area contributed by atoms with Crippen LogP contribution in [-0.2, 0) is 0 Å². The maximum Gasteiger partial charge on any atom is 0.410 e. The third kappa shape index (κ3) is 2.86. The number of nitrogens with two attached hydrogens (primary N) is 1. The molecule has 25 heavy (non-hydrogen) atoms. The predicted molar refractivity (Wildman–Crippen MR) is 88.9 cm³/mol. The maximum absolute atomic E-state index is 13.6. The molecule has 0 bridgehead atoms. The molecule has 0 saturated carbocycles. The van der Waals surface area contributed by atoms with Crippen LogP contribution in [0.15, 0.2) is 42.7 Å². The Labute approximate surface area is 142 Å². The number of hydrogen-bond acceptors (Lipinski definition) is 5. The predicted octanol–water partition coefficient (Wildman–Crippen LogP) is 2.67. The molecule has 1 aliphatic heterocycles. The molecule has 3 aromatic rings. The van der Waals surface area contributed by atoms with Gasteiger partial charge in [-0.05, 0) is 36.6 Å². The lowest BCUT2D eigenvalue weighted by Gasteiger charge is -2.26. The van der Waals surface area contributed by atoms with Crippen LogP contribution in [0.1, 0.15) is 24.4 Å². The number of anilines is 1. The van der Waals surface area contributed by atoms with Crippen molar-refractivity contribution in [3.8, 4) is 5.75 Å². The molecule has 128 valence electrons. The smallest absolute Gasteiger partial charge is 0.405 e. The molecule has 0 aliphatic carbocycles. The molecule has 0 spiro atoms. The van der Waals surface area contributed by atoms with Crippen LogP contribution in [0.25, 0.3) is 5.65 Å². The molecule has 1 amide bonds. The number of rotatable bonds is 3. The van der Waals surface area contributed by atoms with E-state index in [0.717, 1.165) is 24.9 Å². The first-order chi connectivity index (χ1) is 12.1. The number of amides is 1. The average Bonchev–Trinajstić information content (AvgIpc) is 3.21. The Bertz CT molecular complexity index is 942. The number of hydrogen-bond donors (Lipinski definition) is 1. The zero-order valence-electron chi connectivity index (χ0n) is 13.3. The van der Waals surface area contributed by atoms with E-state index < -0.39 is 6.09 Å². The van der Waals surface area contributed by atoms with Gasteiger partial charge in [0.1, 0.15) is 11.6 Å². The normalized spacial score (nSPS) is 17.2. The summed E-state index contributed by atoms with van der Waals surface area (Å²) in [5.41, 5.74) is 6.40. The van der Waals surface area contributed by atoms with Gasteiger partial charge in [0.05, 0.1) is 12.2 Å². The van der Waals surface area contributed by atoms with Crippen molar-refractivity contribution in [3.05, 3.63) is 54.1 Å². The molecule has 0 radical (unpaired) electrons. The molecule has 4 rings (SSSR count). The van der Waals surface area contributed by atoms with Gasteiger partial charge in [-0.25, -0.2) is 18.7 Å². The number of carbonyl (C=O) groups excluding carboxylic acids is 1. The maximum atomic E-state index is 13.6. The Kier molecular flexibility index (Phi) is 3.72. The first kappa shape index (κ1) is 15.4. The van der Waals surface area contributed by atoms with Crippen LogP contribution in [0.3, 0.4) is 0 Å². The first-order valence-corrected chi connectivity index (χ1v) is 7.95. The van der Waals surface area contributed by atoms with Crippen LogP contribution in [0.4, 0.5) is 15.0 Å². The molecular formula is C17H16FN5O2. The zero-order valence-corrected chi connectivity index (χ0v) is 13.3. The molecule has 1 fully saturated rings. The van der Waals surface area contributed by atoms with Gasteiger partial charge in [-0.2, -0.15) is 5.10 Å². The van der Waals surface area contributed by atoms with Gasteiger partial charge in [-0.3, -0.25) is 0 Å². The van der Waals surface area contributed by atoms with Gasteiger partial charge in [0.15, 0.2) is 5.75 Å². The number of carbonyl (C=O) groups is 1. The minimum absolute atomic E-state index is 0.0501. The largest absolute Gasteiger partial charge is 0.410 e. The van der Waals surface area contributed by atoms with E-state index in [-0.39, 0.29) is 17.6 Å². The summed E-state index contributed by atoms with van der Waals surface area (Å²) in [5, 5.41) is 4.08. The molecule has 1 saturated heterocycles. The lowest BCUT2D eigenvalue weighted by Crippen LogP contribution is -2.24. The molecule has 7 nitrogen and oxygen atoms in total. The fourth-order valence-electron chi connectivity index (χ4n) is 3.28. The van der Waals surface area contributed by atoms with Crippen molar-refractivity contribution >= 4 is 17.6 Å². The molecule has 2 aromatic heterocycles. The van der Waals surface area contributed by atoms with Gasteiger partial charge in [-0.15, -0.1) is 0 Å². The Morgan fingerprint density at radius 1 is 1.36 bits per heavy atom. The minimum atomic E-state index is -0.916. The second kappa shape index (κ2) is 6.04. The summed E-state index contributed by atoms with van der Waals surface area (Å²) >= 11 is 0. The van der Waals surface area contributed by atoms with Crippen LogP contribution >= 0.6 is 0 Å². The van der Waals surface area contributed by atoms with Crippen LogP contribution in [0.5, 0.6) is 5.75 Å². The number of benzene rings is 1. The van der Waals surface area contributed by atoms with Crippen molar-refractivity contribution in [1.82, 2.24) is 14.6 Å². The number of ether oxygens (including phenoxy) is 1. The first-order valence-electron chi connectivity index (χ1n) is 7.95. The van der Waals surface area contributed by atoms with E-state index in [9.17, 15) is 9.18 Å². The zero-order chi connectivity index (χ0) is 17.4. The summed E-state index contributed by atoms with van der Waals surface area (Å²) in [5.74, 6) is 0.672. The summed E-state index contributed by atoms with van der Waals surface area (Å²) in [7, 11) is 0. The number of aromatic nitrogens is 3. The molecule has 8 heteroatoms. The monoisotopic (exact) mass is 341 g/mol. The lowest BCUT2D eigenvalue weighted by atomic mass is 10.0. The highest BCUT2D eigenvalue weighted by Crippen LogP contribution is 2.36. The van der Waals surface area contributed by atoms with Crippen molar-refractivity contribution in [2.75, 3.05) is 11.4 Å². The molecular weight excluding hydrogens is 325 g/mol. The topological polar surface area (TPSA) is 85.8 Å². The van der Waals surface area contributed by atoms with Crippen molar-refractivity contribution in [3.63, 3.8) is 0 Å². The summed E-state index contributed by atoms with van der Waals surface area (Å²) in [6.45, 7) is 0.810. The van der Waals surface area contributed by atoms with E-state index >= 15 is 0 Å². The van der Waals surface area contributed by atoms with E-state index in [0.29, 0.717) is 11.5 Å². The third-order valence-corrected chi connectivity index (χ3v) is 4.31. The average molecular weight is 341 g/mol. The van der Waals surface area contributed by atoms with Crippen molar-refractivity contribution in [2.45, 2.75) is 18.9 Å². The van der Waals surface area contributed by atoms with Crippen LogP contribution in [0.2, 0.25) is 0 Å². The minimum Gasteiger partial charge on any atom is -0.405 e. The summed E-state index contributed by atoms with van der Waals surface area (Å²) in [6.07, 6.45) is 4.12. The molecule has 1 aromatic carbocycles. The van der Waals surface area contributed by atoms with Gasteiger partial charge >= 0.3 is 6.09 Å². The SMILES string of the molecule is NC(=O)Oc1cnn2ccc(N3CCC[C@@H]3c3cccc(F)c3)nc12. The van der Waals surface area contributed by atoms with Gasteiger partial charge in [-0.1, -0.05) is 12.1 Å². The molecule has 0 unspecified atom stereocenters. The van der Waals surface area contributed by atoms with Gasteiger partial charge in [0, 0.05) is 12.7 Å². The quantitative estimate of drug-likeness (QED) is 0.791. The van der Waals surface area contributed by atoms with E-state index in [1.165, 1.54) is 16.8 Å². The van der Waals surface area contributed by atoms with Crippen molar-refractivity contribution < 1.29 is 13.9 Å². The lowest BCUT2D eigenvalue weighted by molar-refractivity contribution is 0.211. The Hall–Kier alpha value is -3.16. The molecule has 1 aliphatic rings. The number of halogens is 1. The molecule has 1 atom stereocenters. The number of nitrogens with zero attached hydrogens (tertiary/aromatic N) is 4. The third-order valence-electron chi connectivity index (χ3n) is 4.31. The van der Waals surface area contributed by atoms with Crippen LogP contribution in [0, 0.1) is 5.82 Å². The van der Waals surface area contributed by atoms with Gasteiger partial charge in [0.2, 0.25) is 5.65 Å². The number of primary amides is 1. The fourth-order valence-corrected chi connectivity index (χ4v) is 3.28. The fraction of sp³-hybridized carbons (Fsp3) is 0.235. The van der Waals surface area contributed by atoms with E-state index in [1.807, 2.05) is 12.1 Å². The van der Waals surface area contributed by atoms with Gasteiger partial charge in [0.25, 0.3) is 0 Å². The Morgan fingerprint density at radius 3 is 3.04 bits per heavy atom. The van der Waals surface area contributed by atoms with E-state index in [1.54, 1.807) is 18.3 Å². The highest BCUT2D eigenvalue weighted by molar-refractivity contribution is 5.71. The Morgan fingerprint density at radius 2 is 2.24 bits per heavy atom. The second-order valence-corrected chi connectivity index (χ2v) is 5.89.